The van der Waals surface area contributed by atoms with Gasteiger partial charge in [0, 0.05) is 11.1 Å². The zero-order valence-corrected chi connectivity index (χ0v) is 12.3. The minimum absolute atomic E-state index is 0.0695. The molecule has 2 rings (SSSR count). The minimum Gasteiger partial charge on any atom is -0.508 e. The van der Waals surface area contributed by atoms with Crippen molar-refractivity contribution in [3.63, 3.8) is 0 Å². The normalized spacial score (nSPS) is 22.2. The van der Waals surface area contributed by atoms with E-state index in [1.807, 2.05) is 6.07 Å². The molecular formula is C16H24O2. The predicted molar refractivity (Wildman–Crippen MR) is 74.4 cm³/mol. The van der Waals surface area contributed by atoms with E-state index in [2.05, 4.69) is 41.5 Å². The highest BCUT2D eigenvalue weighted by molar-refractivity contribution is 5.52. The number of aromatic hydroxyl groups is 1. The molecule has 0 amide bonds. The molecule has 1 aliphatic heterocycles. The number of rotatable bonds is 0. The number of hydrogen-bond acceptors (Lipinski definition) is 2. The van der Waals surface area contributed by atoms with Gasteiger partial charge in [0.05, 0.1) is 0 Å². The number of phenolic OH excluding ortho intramolecular Hbond substituents is 1. The average molecular weight is 248 g/mol. The van der Waals surface area contributed by atoms with Crippen molar-refractivity contribution >= 4 is 0 Å². The van der Waals surface area contributed by atoms with Crippen molar-refractivity contribution in [1.82, 2.24) is 0 Å². The van der Waals surface area contributed by atoms with Gasteiger partial charge in [-0.1, -0.05) is 27.7 Å². The maximum atomic E-state index is 10.2. The Labute approximate surface area is 110 Å². The molecule has 100 valence electrons. The van der Waals surface area contributed by atoms with E-state index in [9.17, 15) is 5.11 Å². The number of ether oxygens (including phenoxy) is 1. The van der Waals surface area contributed by atoms with Crippen molar-refractivity contribution < 1.29 is 9.84 Å². The molecule has 1 aliphatic rings. The van der Waals surface area contributed by atoms with Crippen molar-refractivity contribution in [2.45, 2.75) is 59.0 Å². The summed E-state index contributed by atoms with van der Waals surface area (Å²) in [7, 11) is 0. The van der Waals surface area contributed by atoms with Gasteiger partial charge in [-0.15, -0.1) is 0 Å². The Kier molecular flexibility index (Phi) is 2.88. The standard InChI is InChI=1S/C16H24O2/c1-10-9-11-13(18-16(10,5)6)8-7-12(17)14(11)15(2,3)4/h7-8,10,17H,9H2,1-6H3. The van der Waals surface area contributed by atoms with Crippen LogP contribution in [0.15, 0.2) is 12.1 Å². The lowest BCUT2D eigenvalue weighted by Crippen LogP contribution is -2.41. The third-order valence-electron chi connectivity index (χ3n) is 4.07. The molecule has 1 aromatic rings. The first-order valence-electron chi connectivity index (χ1n) is 6.67. The lowest BCUT2D eigenvalue weighted by molar-refractivity contribution is 0.0346. The summed E-state index contributed by atoms with van der Waals surface area (Å²) in [5.74, 6) is 1.76. The SMILES string of the molecule is CC1Cc2c(ccc(O)c2C(C)(C)C)OC1(C)C. The van der Waals surface area contributed by atoms with Crippen LogP contribution in [0.2, 0.25) is 0 Å². The number of fused-ring (bicyclic) bond motifs is 1. The lowest BCUT2D eigenvalue weighted by Gasteiger charge is -2.40. The van der Waals surface area contributed by atoms with Crippen molar-refractivity contribution in [2.75, 3.05) is 0 Å². The molecule has 0 saturated heterocycles. The van der Waals surface area contributed by atoms with E-state index in [4.69, 9.17) is 4.74 Å². The molecule has 0 fully saturated rings. The van der Waals surface area contributed by atoms with Crippen LogP contribution < -0.4 is 4.74 Å². The third kappa shape index (κ3) is 2.09. The zero-order chi connectivity index (χ0) is 13.7. The molecule has 0 spiro atoms. The zero-order valence-electron chi connectivity index (χ0n) is 12.3. The smallest absolute Gasteiger partial charge is 0.123 e. The second kappa shape index (κ2) is 3.91. The summed E-state index contributed by atoms with van der Waals surface area (Å²) in [5.41, 5.74) is 2.00. The minimum atomic E-state index is -0.140. The van der Waals surface area contributed by atoms with E-state index in [0.717, 1.165) is 17.7 Å². The fraction of sp³-hybridized carbons (Fsp3) is 0.625. The highest BCUT2D eigenvalue weighted by Crippen LogP contribution is 2.44. The molecule has 2 nitrogen and oxygen atoms in total. The van der Waals surface area contributed by atoms with E-state index in [1.165, 1.54) is 5.56 Å². The highest BCUT2D eigenvalue weighted by Gasteiger charge is 2.37. The van der Waals surface area contributed by atoms with Crippen LogP contribution in [0.5, 0.6) is 11.5 Å². The molecule has 1 aromatic carbocycles. The molecule has 2 heteroatoms. The van der Waals surface area contributed by atoms with Crippen molar-refractivity contribution in [1.29, 1.82) is 0 Å². The molecule has 0 radical (unpaired) electrons. The van der Waals surface area contributed by atoms with Crippen LogP contribution in [0.3, 0.4) is 0 Å². The van der Waals surface area contributed by atoms with Gasteiger partial charge in [-0.25, -0.2) is 0 Å². The fourth-order valence-electron chi connectivity index (χ4n) is 2.69. The van der Waals surface area contributed by atoms with Crippen LogP contribution in [0, 0.1) is 5.92 Å². The quantitative estimate of drug-likeness (QED) is 0.751. The maximum absolute atomic E-state index is 10.2. The second-order valence-corrected chi connectivity index (χ2v) is 7.00. The molecule has 0 bridgehead atoms. The van der Waals surface area contributed by atoms with Crippen LogP contribution in [0.25, 0.3) is 0 Å². The average Bonchev–Trinajstić information content (AvgIpc) is 2.18. The molecular weight excluding hydrogens is 224 g/mol. The number of benzene rings is 1. The summed E-state index contributed by atoms with van der Waals surface area (Å²) >= 11 is 0. The topological polar surface area (TPSA) is 29.5 Å². The molecule has 0 aliphatic carbocycles. The third-order valence-corrected chi connectivity index (χ3v) is 4.07. The Morgan fingerprint density at radius 1 is 1.28 bits per heavy atom. The van der Waals surface area contributed by atoms with Crippen LogP contribution in [0.1, 0.15) is 52.7 Å². The largest absolute Gasteiger partial charge is 0.508 e. The summed E-state index contributed by atoms with van der Waals surface area (Å²) in [4.78, 5) is 0. The first kappa shape index (κ1) is 13.3. The summed E-state index contributed by atoms with van der Waals surface area (Å²) in [6.45, 7) is 12.9. The Bertz CT molecular complexity index is 467. The van der Waals surface area contributed by atoms with E-state index in [-0.39, 0.29) is 11.0 Å². The maximum Gasteiger partial charge on any atom is 0.123 e. The van der Waals surface area contributed by atoms with Crippen molar-refractivity contribution in [2.24, 2.45) is 5.92 Å². The van der Waals surface area contributed by atoms with Crippen molar-refractivity contribution in [3.05, 3.63) is 23.3 Å². The van der Waals surface area contributed by atoms with Crippen LogP contribution in [-0.2, 0) is 11.8 Å². The molecule has 0 saturated carbocycles. The van der Waals surface area contributed by atoms with Gasteiger partial charge in [-0.3, -0.25) is 0 Å². The van der Waals surface area contributed by atoms with E-state index >= 15 is 0 Å². The summed E-state index contributed by atoms with van der Waals surface area (Å²) < 4.78 is 6.11. The monoisotopic (exact) mass is 248 g/mol. The van der Waals surface area contributed by atoms with Crippen LogP contribution in [-0.4, -0.2) is 10.7 Å². The van der Waals surface area contributed by atoms with Gasteiger partial charge in [0.1, 0.15) is 17.1 Å². The van der Waals surface area contributed by atoms with E-state index < -0.39 is 0 Å². The highest BCUT2D eigenvalue weighted by atomic mass is 16.5. The summed E-state index contributed by atoms with van der Waals surface area (Å²) in [5, 5.41) is 10.2. The first-order chi connectivity index (χ1) is 8.13. The van der Waals surface area contributed by atoms with Gasteiger partial charge >= 0.3 is 0 Å². The summed E-state index contributed by atoms with van der Waals surface area (Å²) in [6, 6.07) is 3.65. The Morgan fingerprint density at radius 2 is 1.89 bits per heavy atom. The number of phenols is 1. The fourth-order valence-corrected chi connectivity index (χ4v) is 2.69. The predicted octanol–water partition coefficient (Wildman–Crippen LogP) is 4.04. The van der Waals surface area contributed by atoms with Crippen molar-refractivity contribution in [3.8, 4) is 11.5 Å². The Hall–Kier alpha value is -1.18. The molecule has 1 N–H and O–H groups in total. The molecule has 1 atom stereocenters. The molecule has 1 heterocycles. The van der Waals surface area contributed by atoms with Gasteiger partial charge in [-0.05, 0) is 43.7 Å². The second-order valence-electron chi connectivity index (χ2n) is 7.00. The van der Waals surface area contributed by atoms with Crippen LogP contribution in [0.4, 0.5) is 0 Å². The Balaban J connectivity index is 2.60. The molecule has 1 unspecified atom stereocenters. The summed E-state index contributed by atoms with van der Waals surface area (Å²) in [6.07, 6.45) is 0.962. The van der Waals surface area contributed by atoms with Gasteiger partial charge in [0.2, 0.25) is 0 Å². The molecule has 18 heavy (non-hydrogen) atoms. The first-order valence-corrected chi connectivity index (χ1v) is 6.67. The van der Waals surface area contributed by atoms with Gasteiger partial charge in [0.15, 0.2) is 0 Å². The van der Waals surface area contributed by atoms with Gasteiger partial charge < -0.3 is 9.84 Å². The Morgan fingerprint density at radius 3 is 2.44 bits per heavy atom. The van der Waals surface area contributed by atoms with Gasteiger partial charge in [0.25, 0.3) is 0 Å². The van der Waals surface area contributed by atoms with E-state index in [1.54, 1.807) is 6.07 Å². The number of hydrogen-bond donors (Lipinski definition) is 1. The lowest BCUT2D eigenvalue weighted by atomic mass is 9.76. The van der Waals surface area contributed by atoms with E-state index in [0.29, 0.717) is 11.7 Å². The van der Waals surface area contributed by atoms with Crippen LogP contribution >= 0.6 is 0 Å². The molecule has 0 aromatic heterocycles. The van der Waals surface area contributed by atoms with Gasteiger partial charge in [-0.2, -0.15) is 0 Å².